The minimum Gasteiger partial charge on any atom is -0.372 e. The van der Waals surface area contributed by atoms with Gasteiger partial charge in [-0.2, -0.15) is 0 Å². The first-order valence-electron chi connectivity index (χ1n) is 8.19. The summed E-state index contributed by atoms with van der Waals surface area (Å²) in [5, 5.41) is 2.91. The number of rotatable bonds is 2. The van der Waals surface area contributed by atoms with Gasteiger partial charge in [0.25, 0.3) is 0 Å². The highest BCUT2D eigenvalue weighted by molar-refractivity contribution is 5.96. The van der Waals surface area contributed by atoms with Crippen LogP contribution >= 0.6 is 0 Å². The first kappa shape index (κ1) is 16.7. The monoisotopic (exact) mass is 335 g/mol. The smallest absolute Gasteiger partial charge is 0.317 e. The Morgan fingerprint density at radius 2 is 1.96 bits per heavy atom. The average molecular weight is 335 g/mol. The molecule has 6 nitrogen and oxygen atoms in total. The maximum atomic E-state index is 13.3. The van der Waals surface area contributed by atoms with Crippen molar-refractivity contribution >= 4 is 17.6 Å². The molecule has 1 aromatic carbocycles. The number of amides is 3. The third-order valence-corrected chi connectivity index (χ3v) is 4.28. The van der Waals surface area contributed by atoms with Crippen molar-refractivity contribution in [3.05, 3.63) is 30.1 Å². The molecule has 1 N–H and O–H groups in total. The summed E-state index contributed by atoms with van der Waals surface area (Å²) in [5.41, 5.74) is 0.519. The van der Waals surface area contributed by atoms with Gasteiger partial charge in [-0.1, -0.05) is 6.07 Å². The summed E-state index contributed by atoms with van der Waals surface area (Å²) in [6, 6.07) is 5.46. The Balaban J connectivity index is 1.61. The lowest BCUT2D eigenvalue weighted by molar-refractivity contribution is -0.117. The van der Waals surface area contributed by atoms with E-state index in [1.807, 2.05) is 13.8 Å². The predicted octanol–water partition coefficient (Wildman–Crippen LogP) is 1.75. The second-order valence-corrected chi connectivity index (χ2v) is 6.50. The quantitative estimate of drug-likeness (QED) is 0.896. The standard InChI is InChI=1S/C17H22FN3O3/c1-11-8-20(9-12(2)24-11)17(23)19-14-7-16(22)21(10-14)15-5-3-4-13(18)6-15/h3-6,11-12,14H,7-10H2,1-2H3,(H,19,23)/t11-,12+,14-/m1/s1. The molecule has 3 rings (SSSR count). The first-order chi connectivity index (χ1) is 11.4. The van der Waals surface area contributed by atoms with Gasteiger partial charge in [0.1, 0.15) is 5.82 Å². The molecule has 3 amide bonds. The van der Waals surface area contributed by atoms with Crippen LogP contribution in [0, 0.1) is 5.82 Å². The Morgan fingerprint density at radius 3 is 2.62 bits per heavy atom. The second-order valence-electron chi connectivity index (χ2n) is 6.50. The first-order valence-corrected chi connectivity index (χ1v) is 8.19. The van der Waals surface area contributed by atoms with Crippen LogP contribution in [0.1, 0.15) is 20.3 Å². The number of halogens is 1. The molecule has 0 spiro atoms. The van der Waals surface area contributed by atoms with Crippen LogP contribution < -0.4 is 10.2 Å². The predicted molar refractivity (Wildman–Crippen MR) is 87.3 cm³/mol. The highest BCUT2D eigenvalue weighted by Gasteiger charge is 2.34. The Morgan fingerprint density at radius 1 is 1.25 bits per heavy atom. The molecule has 2 aliphatic heterocycles. The number of hydrogen-bond acceptors (Lipinski definition) is 3. The Labute approximate surface area is 140 Å². The number of carbonyl (C=O) groups is 2. The summed E-state index contributed by atoms with van der Waals surface area (Å²) in [6.07, 6.45) is 0.208. The van der Waals surface area contributed by atoms with Crippen LogP contribution in [0.15, 0.2) is 24.3 Å². The number of ether oxygens (including phenoxy) is 1. The van der Waals surface area contributed by atoms with Gasteiger partial charge in [-0.15, -0.1) is 0 Å². The summed E-state index contributed by atoms with van der Waals surface area (Å²) in [7, 11) is 0. The zero-order valence-electron chi connectivity index (χ0n) is 13.9. The molecule has 2 fully saturated rings. The van der Waals surface area contributed by atoms with Crippen molar-refractivity contribution in [2.75, 3.05) is 24.5 Å². The van der Waals surface area contributed by atoms with E-state index in [0.717, 1.165) is 0 Å². The highest BCUT2D eigenvalue weighted by Crippen LogP contribution is 2.22. The van der Waals surface area contributed by atoms with Crippen LogP contribution in [0.25, 0.3) is 0 Å². The van der Waals surface area contributed by atoms with E-state index in [4.69, 9.17) is 4.74 Å². The summed E-state index contributed by atoms with van der Waals surface area (Å²) in [5.74, 6) is -0.501. The number of carbonyl (C=O) groups excluding carboxylic acids is 2. The van der Waals surface area contributed by atoms with E-state index in [0.29, 0.717) is 25.3 Å². The van der Waals surface area contributed by atoms with Crippen LogP contribution in [-0.4, -0.2) is 54.7 Å². The van der Waals surface area contributed by atoms with Crippen LogP contribution in [0.4, 0.5) is 14.9 Å². The number of anilines is 1. The second kappa shape index (κ2) is 6.76. The highest BCUT2D eigenvalue weighted by atomic mass is 19.1. The maximum absolute atomic E-state index is 13.3. The molecule has 0 aliphatic carbocycles. The lowest BCUT2D eigenvalue weighted by atomic mass is 10.2. The molecule has 0 unspecified atom stereocenters. The molecule has 0 radical (unpaired) electrons. The van der Waals surface area contributed by atoms with Crippen LogP contribution in [-0.2, 0) is 9.53 Å². The average Bonchev–Trinajstić information content (AvgIpc) is 2.87. The zero-order chi connectivity index (χ0) is 17.3. The molecule has 0 aromatic heterocycles. The van der Waals surface area contributed by atoms with Crippen molar-refractivity contribution in [3.8, 4) is 0 Å². The summed E-state index contributed by atoms with van der Waals surface area (Å²) in [6.45, 7) is 5.28. The molecule has 0 bridgehead atoms. The van der Waals surface area contributed by atoms with E-state index < -0.39 is 0 Å². The van der Waals surface area contributed by atoms with Gasteiger partial charge in [-0.05, 0) is 32.0 Å². The van der Waals surface area contributed by atoms with E-state index in [-0.39, 0.29) is 42.4 Å². The number of nitrogens with zero attached hydrogens (tertiary/aromatic N) is 2. The van der Waals surface area contributed by atoms with E-state index in [2.05, 4.69) is 5.32 Å². The van der Waals surface area contributed by atoms with Gasteiger partial charge >= 0.3 is 6.03 Å². The van der Waals surface area contributed by atoms with Gasteiger partial charge in [-0.25, -0.2) is 9.18 Å². The fourth-order valence-corrected chi connectivity index (χ4v) is 3.31. The van der Waals surface area contributed by atoms with E-state index in [1.165, 1.54) is 17.0 Å². The third kappa shape index (κ3) is 3.67. The van der Waals surface area contributed by atoms with Crippen molar-refractivity contribution in [2.24, 2.45) is 0 Å². The van der Waals surface area contributed by atoms with E-state index in [1.54, 1.807) is 17.0 Å². The summed E-state index contributed by atoms with van der Waals surface area (Å²) < 4.78 is 19.0. The molecule has 0 saturated carbocycles. The number of hydrogen-bond donors (Lipinski definition) is 1. The molecule has 1 aromatic rings. The molecule has 2 aliphatic rings. The molecular weight excluding hydrogens is 313 g/mol. The third-order valence-electron chi connectivity index (χ3n) is 4.28. The Bertz CT molecular complexity index is 629. The largest absolute Gasteiger partial charge is 0.372 e. The lowest BCUT2D eigenvalue weighted by Crippen LogP contribution is -2.53. The van der Waals surface area contributed by atoms with Crippen molar-refractivity contribution in [3.63, 3.8) is 0 Å². The normalized spacial score (nSPS) is 27.5. The maximum Gasteiger partial charge on any atom is 0.317 e. The lowest BCUT2D eigenvalue weighted by Gasteiger charge is -2.35. The van der Waals surface area contributed by atoms with Gasteiger partial charge in [0.15, 0.2) is 0 Å². The van der Waals surface area contributed by atoms with Gasteiger partial charge in [-0.3, -0.25) is 4.79 Å². The fraction of sp³-hybridized carbons (Fsp3) is 0.529. The topological polar surface area (TPSA) is 61.9 Å². The number of morpholine rings is 1. The van der Waals surface area contributed by atoms with Crippen molar-refractivity contribution in [2.45, 2.75) is 38.5 Å². The zero-order valence-corrected chi connectivity index (χ0v) is 13.9. The Hall–Kier alpha value is -2.15. The molecule has 2 saturated heterocycles. The van der Waals surface area contributed by atoms with Crippen molar-refractivity contribution in [1.82, 2.24) is 10.2 Å². The SMILES string of the molecule is C[C@@H]1CN(C(=O)N[C@@H]2CC(=O)N(c3cccc(F)c3)C2)C[C@H](C)O1. The fourth-order valence-electron chi connectivity index (χ4n) is 3.31. The Kier molecular flexibility index (Phi) is 4.71. The van der Waals surface area contributed by atoms with Gasteiger partial charge in [0.05, 0.1) is 18.2 Å². The van der Waals surface area contributed by atoms with Crippen molar-refractivity contribution < 1.29 is 18.7 Å². The van der Waals surface area contributed by atoms with E-state index in [9.17, 15) is 14.0 Å². The van der Waals surface area contributed by atoms with Crippen molar-refractivity contribution in [1.29, 1.82) is 0 Å². The van der Waals surface area contributed by atoms with Gasteiger partial charge in [0, 0.05) is 31.7 Å². The number of urea groups is 1. The molecular formula is C17H22FN3O3. The minimum absolute atomic E-state index is 0.00602. The number of nitrogens with one attached hydrogen (secondary N) is 1. The number of benzene rings is 1. The van der Waals surface area contributed by atoms with E-state index >= 15 is 0 Å². The summed E-state index contributed by atoms with van der Waals surface area (Å²) >= 11 is 0. The minimum atomic E-state index is -0.385. The molecule has 130 valence electrons. The molecule has 7 heteroatoms. The van der Waals surface area contributed by atoms with Gasteiger partial charge in [0.2, 0.25) is 5.91 Å². The molecule has 3 atom stereocenters. The van der Waals surface area contributed by atoms with Gasteiger partial charge < -0.3 is 19.9 Å². The van der Waals surface area contributed by atoms with Crippen LogP contribution in [0.3, 0.4) is 0 Å². The van der Waals surface area contributed by atoms with Crippen LogP contribution in [0.2, 0.25) is 0 Å². The molecule has 2 heterocycles. The summed E-state index contributed by atoms with van der Waals surface area (Å²) in [4.78, 5) is 27.8. The van der Waals surface area contributed by atoms with Crippen LogP contribution in [0.5, 0.6) is 0 Å². The molecule has 24 heavy (non-hydrogen) atoms.